The second kappa shape index (κ2) is 8.68. The van der Waals surface area contributed by atoms with E-state index in [1.54, 1.807) is 6.20 Å². The highest BCUT2D eigenvalue weighted by atomic mass is 16.5. The minimum Gasteiger partial charge on any atom is -0.489 e. The number of benzene rings is 3. The first-order valence-electron chi connectivity index (χ1n) is 9.59. The van der Waals surface area contributed by atoms with Gasteiger partial charge in [0.15, 0.2) is 0 Å². The van der Waals surface area contributed by atoms with Crippen LogP contribution in [0.4, 0.5) is 0 Å². The second-order valence-corrected chi connectivity index (χ2v) is 6.94. The average molecular weight is 368 g/mol. The Hall–Kier alpha value is -3.17. The topological polar surface area (TPSA) is 34.1 Å². The normalized spacial score (nSPS) is 10.9. The quantitative estimate of drug-likeness (QED) is 0.473. The first kappa shape index (κ1) is 18.2. The third-order valence-electron chi connectivity index (χ3n) is 5.00. The van der Waals surface area contributed by atoms with Gasteiger partial charge in [0.1, 0.15) is 12.4 Å². The monoisotopic (exact) mass is 368 g/mol. The zero-order valence-electron chi connectivity index (χ0n) is 16.1. The van der Waals surface area contributed by atoms with Gasteiger partial charge in [0.25, 0.3) is 0 Å². The zero-order valence-corrected chi connectivity index (χ0v) is 16.1. The number of aryl methyl sites for hydroxylation is 1. The van der Waals surface area contributed by atoms with Gasteiger partial charge in [-0.25, -0.2) is 0 Å². The van der Waals surface area contributed by atoms with E-state index in [0.29, 0.717) is 6.61 Å². The summed E-state index contributed by atoms with van der Waals surface area (Å²) in [6, 6.07) is 25.1. The summed E-state index contributed by atoms with van der Waals surface area (Å²) in [5, 5.41) is 5.99. The van der Waals surface area contributed by atoms with E-state index < -0.39 is 0 Å². The van der Waals surface area contributed by atoms with Crippen LogP contribution in [0, 0.1) is 6.92 Å². The summed E-state index contributed by atoms with van der Waals surface area (Å²) in [7, 11) is 0. The number of rotatable bonds is 7. The van der Waals surface area contributed by atoms with E-state index >= 15 is 0 Å². The van der Waals surface area contributed by atoms with Crippen LogP contribution in [0.2, 0.25) is 0 Å². The molecule has 0 atom stereocenters. The number of hydrogen-bond donors (Lipinski definition) is 1. The molecule has 4 rings (SSSR count). The molecule has 1 aromatic heterocycles. The van der Waals surface area contributed by atoms with Crippen LogP contribution in [0.25, 0.3) is 10.8 Å². The highest BCUT2D eigenvalue weighted by Gasteiger charge is 2.10. The lowest BCUT2D eigenvalue weighted by Crippen LogP contribution is -2.14. The highest BCUT2D eigenvalue weighted by Crippen LogP contribution is 2.29. The van der Waals surface area contributed by atoms with Crippen LogP contribution in [-0.4, -0.2) is 4.98 Å². The van der Waals surface area contributed by atoms with E-state index in [9.17, 15) is 0 Å². The van der Waals surface area contributed by atoms with E-state index in [2.05, 4.69) is 84.0 Å². The molecule has 0 spiro atoms. The lowest BCUT2D eigenvalue weighted by Gasteiger charge is -2.16. The molecule has 1 heterocycles. The van der Waals surface area contributed by atoms with Gasteiger partial charge in [0.05, 0.1) is 0 Å². The molecule has 0 aliphatic heterocycles. The Balaban J connectivity index is 1.56. The predicted molar refractivity (Wildman–Crippen MR) is 114 cm³/mol. The second-order valence-electron chi connectivity index (χ2n) is 6.94. The van der Waals surface area contributed by atoms with Gasteiger partial charge in [-0.05, 0) is 46.5 Å². The molecule has 0 bridgehead atoms. The average Bonchev–Trinajstić information content (AvgIpc) is 2.74. The lowest BCUT2D eigenvalue weighted by atomic mass is 10.0. The van der Waals surface area contributed by atoms with Crippen molar-refractivity contribution in [2.75, 3.05) is 0 Å². The number of ether oxygens (including phenoxy) is 1. The number of hydrogen-bond acceptors (Lipinski definition) is 3. The minimum absolute atomic E-state index is 0.570. The number of pyridine rings is 1. The molecule has 0 aliphatic rings. The first-order chi connectivity index (χ1) is 13.8. The molecule has 0 aliphatic carbocycles. The van der Waals surface area contributed by atoms with Crippen LogP contribution in [-0.2, 0) is 19.7 Å². The molecular weight excluding hydrogens is 344 g/mol. The molecular formula is C25H24N2O. The van der Waals surface area contributed by atoms with Crippen molar-refractivity contribution in [3.05, 3.63) is 107 Å². The van der Waals surface area contributed by atoms with Gasteiger partial charge >= 0.3 is 0 Å². The van der Waals surface area contributed by atoms with E-state index in [0.717, 1.165) is 18.8 Å². The van der Waals surface area contributed by atoms with Crippen molar-refractivity contribution in [2.45, 2.75) is 26.6 Å². The van der Waals surface area contributed by atoms with Crippen LogP contribution < -0.4 is 10.1 Å². The summed E-state index contributed by atoms with van der Waals surface area (Å²) in [4.78, 5) is 4.18. The lowest BCUT2D eigenvalue weighted by molar-refractivity contribution is 0.302. The maximum absolute atomic E-state index is 6.26. The molecule has 28 heavy (non-hydrogen) atoms. The predicted octanol–water partition coefficient (Wildman–Crippen LogP) is 5.41. The van der Waals surface area contributed by atoms with Crippen molar-refractivity contribution in [3.63, 3.8) is 0 Å². The fraction of sp³-hybridized carbons (Fsp3) is 0.160. The van der Waals surface area contributed by atoms with E-state index in [4.69, 9.17) is 4.74 Å². The van der Waals surface area contributed by atoms with E-state index in [1.807, 2.05) is 12.3 Å². The van der Waals surface area contributed by atoms with Gasteiger partial charge in [-0.2, -0.15) is 0 Å². The summed E-state index contributed by atoms with van der Waals surface area (Å²) < 4.78 is 6.26. The molecule has 0 fully saturated rings. The largest absolute Gasteiger partial charge is 0.489 e. The molecule has 0 radical (unpaired) electrons. The fourth-order valence-corrected chi connectivity index (χ4v) is 3.40. The molecule has 1 N–H and O–H groups in total. The van der Waals surface area contributed by atoms with Gasteiger partial charge < -0.3 is 10.1 Å². The van der Waals surface area contributed by atoms with Crippen molar-refractivity contribution in [2.24, 2.45) is 0 Å². The molecule has 0 saturated carbocycles. The third-order valence-corrected chi connectivity index (χ3v) is 5.00. The van der Waals surface area contributed by atoms with Crippen LogP contribution in [0.1, 0.15) is 22.3 Å². The molecule has 0 saturated heterocycles. The Morgan fingerprint density at radius 2 is 1.71 bits per heavy atom. The SMILES string of the molecule is Cc1ccccc1COc1ccc2ccccc2c1CNCc1cccnc1. The Kier molecular flexibility index (Phi) is 5.64. The van der Waals surface area contributed by atoms with E-state index in [-0.39, 0.29) is 0 Å². The van der Waals surface area contributed by atoms with Crippen LogP contribution in [0.15, 0.2) is 85.2 Å². The third kappa shape index (κ3) is 4.21. The summed E-state index contributed by atoms with van der Waals surface area (Å²) >= 11 is 0. The Morgan fingerprint density at radius 1 is 0.857 bits per heavy atom. The molecule has 3 nitrogen and oxygen atoms in total. The van der Waals surface area contributed by atoms with Gasteiger partial charge in [0.2, 0.25) is 0 Å². The smallest absolute Gasteiger partial charge is 0.124 e. The van der Waals surface area contributed by atoms with Crippen LogP contribution >= 0.6 is 0 Å². The van der Waals surface area contributed by atoms with Crippen LogP contribution in [0.3, 0.4) is 0 Å². The number of nitrogens with one attached hydrogen (secondary N) is 1. The Morgan fingerprint density at radius 3 is 2.57 bits per heavy atom. The first-order valence-corrected chi connectivity index (χ1v) is 9.59. The molecule has 4 aromatic rings. The van der Waals surface area contributed by atoms with Crippen molar-refractivity contribution in [3.8, 4) is 5.75 Å². The summed E-state index contributed by atoms with van der Waals surface area (Å²) in [5.41, 5.74) is 4.82. The van der Waals surface area contributed by atoms with Crippen molar-refractivity contribution in [1.29, 1.82) is 0 Å². The Labute approximate surface area is 166 Å². The molecule has 3 aromatic carbocycles. The number of fused-ring (bicyclic) bond motifs is 1. The minimum atomic E-state index is 0.570. The van der Waals surface area contributed by atoms with E-state index in [1.165, 1.54) is 33.0 Å². The standard InChI is InChI=1S/C25H24N2O/c1-19-7-2-3-10-22(19)18-28-25-13-12-21-9-4-5-11-23(21)24(25)17-27-16-20-8-6-14-26-15-20/h2-15,27H,16-18H2,1H3. The maximum atomic E-state index is 6.26. The number of aromatic nitrogens is 1. The van der Waals surface area contributed by atoms with Gasteiger partial charge in [-0.3, -0.25) is 4.98 Å². The summed E-state index contributed by atoms with van der Waals surface area (Å²) in [5.74, 6) is 0.931. The van der Waals surface area contributed by atoms with Crippen LogP contribution in [0.5, 0.6) is 5.75 Å². The highest BCUT2D eigenvalue weighted by molar-refractivity contribution is 5.87. The molecule has 0 amide bonds. The van der Waals surface area contributed by atoms with Crippen molar-refractivity contribution in [1.82, 2.24) is 10.3 Å². The summed E-state index contributed by atoms with van der Waals surface area (Å²) in [6.07, 6.45) is 3.69. The van der Waals surface area contributed by atoms with Gasteiger partial charge in [0, 0.05) is 31.0 Å². The van der Waals surface area contributed by atoms with Crippen molar-refractivity contribution < 1.29 is 4.74 Å². The fourth-order valence-electron chi connectivity index (χ4n) is 3.40. The summed E-state index contributed by atoms with van der Waals surface area (Å²) in [6.45, 7) is 4.20. The molecule has 3 heteroatoms. The Bertz CT molecular complexity index is 1060. The maximum Gasteiger partial charge on any atom is 0.124 e. The van der Waals surface area contributed by atoms with Crippen molar-refractivity contribution >= 4 is 10.8 Å². The molecule has 140 valence electrons. The zero-order chi connectivity index (χ0) is 19.2. The van der Waals surface area contributed by atoms with Gasteiger partial charge in [-0.15, -0.1) is 0 Å². The van der Waals surface area contributed by atoms with Gasteiger partial charge in [-0.1, -0.05) is 60.7 Å². The number of nitrogens with zero attached hydrogens (tertiary/aromatic N) is 1. The molecule has 0 unspecified atom stereocenters.